The maximum atomic E-state index is 5.85. The maximum absolute atomic E-state index is 5.85. The molecule has 1 aromatic rings. The number of nitrogens with one attached hydrogen (secondary N) is 1. The average molecular weight is 321 g/mol. The van der Waals surface area contributed by atoms with Gasteiger partial charge in [0.15, 0.2) is 11.5 Å². The highest BCUT2D eigenvalue weighted by molar-refractivity contribution is 5.42. The molecular weight excluding hydrogens is 290 g/mol. The molecule has 130 valence electrons. The van der Waals surface area contributed by atoms with E-state index in [1.54, 1.807) is 7.11 Å². The summed E-state index contributed by atoms with van der Waals surface area (Å²) in [5.74, 6) is 1.66. The first-order chi connectivity index (χ1) is 11.3. The minimum absolute atomic E-state index is 0.377. The van der Waals surface area contributed by atoms with E-state index in [1.807, 2.05) is 6.07 Å². The van der Waals surface area contributed by atoms with Crippen LogP contribution in [0.1, 0.15) is 51.0 Å². The minimum Gasteiger partial charge on any atom is -0.493 e. The molecule has 1 atom stereocenters. The van der Waals surface area contributed by atoms with Crippen molar-refractivity contribution in [1.82, 2.24) is 5.32 Å². The molecule has 1 fully saturated rings. The highest BCUT2D eigenvalue weighted by atomic mass is 16.5. The topological polar surface area (TPSA) is 39.7 Å². The van der Waals surface area contributed by atoms with Crippen LogP contribution >= 0.6 is 0 Å². The summed E-state index contributed by atoms with van der Waals surface area (Å²) in [5.41, 5.74) is 1.21. The van der Waals surface area contributed by atoms with Gasteiger partial charge >= 0.3 is 0 Å². The summed E-state index contributed by atoms with van der Waals surface area (Å²) >= 11 is 0. The van der Waals surface area contributed by atoms with Gasteiger partial charge in [0.1, 0.15) is 0 Å². The van der Waals surface area contributed by atoms with E-state index in [0.29, 0.717) is 6.10 Å². The van der Waals surface area contributed by atoms with Crippen molar-refractivity contribution in [2.24, 2.45) is 0 Å². The van der Waals surface area contributed by atoms with Crippen LogP contribution in [0.4, 0.5) is 0 Å². The van der Waals surface area contributed by atoms with Gasteiger partial charge in [-0.1, -0.05) is 32.3 Å². The Balaban J connectivity index is 1.75. The highest BCUT2D eigenvalue weighted by Crippen LogP contribution is 2.28. The zero-order valence-electron chi connectivity index (χ0n) is 14.6. The first kappa shape index (κ1) is 18.1. The lowest BCUT2D eigenvalue weighted by molar-refractivity contribution is 0.110. The maximum Gasteiger partial charge on any atom is 0.161 e. The predicted molar refractivity (Wildman–Crippen MR) is 93.3 cm³/mol. The van der Waals surface area contributed by atoms with Crippen LogP contribution in [0.25, 0.3) is 0 Å². The van der Waals surface area contributed by atoms with Gasteiger partial charge in [0.05, 0.1) is 19.8 Å². The summed E-state index contributed by atoms with van der Waals surface area (Å²) in [5, 5.41) is 3.46. The van der Waals surface area contributed by atoms with Gasteiger partial charge in [-0.2, -0.15) is 0 Å². The van der Waals surface area contributed by atoms with Gasteiger partial charge in [-0.15, -0.1) is 0 Å². The predicted octanol–water partition coefficient (Wildman–Crippen LogP) is 3.92. The molecule has 0 aromatic heterocycles. The Morgan fingerprint density at radius 1 is 1.22 bits per heavy atom. The molecule has 1 aliphatic rings. The van der Waals surface area contributed by atoms with E-state index < -0.39 is 0 Å². The van der Waals surface area contributed by atoms with Crippen LogP contribution in [0.15, 0.2) is 18.2 Å². The van der Waals surface area contributed by atoms with Crippen molar-refractivity contribution in [3.63, 3.8) is 0 Å². The highest BCUT2D eigenvalue weighted by Gasteiger charge is 2.14. The molecule has 2 rings (SSSR count). The largest absolute Gasteiger partial charge is 0.493 e. The number of ether oxygens (including phenoxy) is 3. The van der Waals surface area contributed by atoms with Crippen LogP contribution in [-0.4, -0.2) is 33.0 Å². The first-order valence-corrected chi connectivity index (χ1v) is 8.95. The lowest BCUT2D eigenvalue weighted by Crippen LogP contribution is -2.25. The van der Waals surface area contributed by atoms with Crippen LogP contribution in [0.5, 0.6) is 11.5 Å². The number of hydrogen-bond acceptors (Lipinski definition) is 4. The fraction of sp³-hybridized carbons (Fsp3) is 0.684. The van der Waals surface area contributed by atoms with E-state index in [0.717, 1.165) is 44.2 Å². The van der Waals surface area contributed by atoms with Crippen LogP contribution in [0.3, 0.4) is 0 Å². The number of methoxy groups -OCH3 is 1. The Morgan fingerprint density at radius 2 is 2.13 bits per heavy atom. The summed E-state index contributed by atoms with van der Waals surface area (Å²) in [6.07, 6.45) is 7.58. The van der Waals surface area contributed by atoms with Gasteiger partial charge in [0.25, 0.3) is 0 Å². The number of benzene rings is 1. The van der Waals surface area contributed by atoms with Crippen LogP contribution < -0.4 is 14.8 Å². The number of hydrogen-bond donors (Lipinski definition) is 1. The SMILES string of the molecule is CCCCCCOc1ccc(CNCC2CCCO2)cc1OC. The molecule has 1 saturated heterocycles. The van der Waals surface area contributed by atoms with E-state index in [-0.39, 0.29) is 0 Å². The van der Waals surface area contributed by atoms with Gasteiger partial charge < -0.3 is 19.5 Å². The van der Waals surface area contributed by atoms with E-state index in [4.69, 9.17) is 14.2 Å². The lowest BCUT2D eigenvalue weighted by atomic mass is 10.2. The Labute approximate surface area is 140 Å². The van der Waals surface area contributed by atoms with E-state index in [9.17, 15) is 0 Å². The molecule has 1 unspecified atom stereocenters. The molecule has 1 N–H and O–H groups in total. The zero-order chi connectivity index (χ0) is 16.3. The van der Waals surface area contributed by atoms with Gasteiger partial charge in [-0.05, 0) is 37.0 Å². The second-order valence-electron chi connectivity index (χ2n) is 6.16. The van der Waals surface area contributed by atoms with Gasteiger partial charge in [-0.25, -0.2) is 0 Å². The first-order valence-electron chi connectivity index (χ1n) is 8.95. The van der Waals surface area contributed by atoms with Crippen LogP contribution in [0, 0.1) is 0 Å². The molecule has 1 aliphatic heterocycles. The second-order valence-corrected chi connectivity index (χ2v) is 6.16. The molecule has 0 aliphatic carbocycles. The van der Waals surface area contributed by atoms with Gasteiger partial charge in [0.2, 0.25) is 0 Å². The summed E-state index contributed by atoms with van der Waals surface area (Å²) in [6, 6.07) is 6.18. The molecule has 0 bridgehead atoms. The minimum atomic E-state index is 0.377. The Kier molecular flexibility index (Phi) is 8.26. The van der Waals surface area contributed by atoms with Crippen molar-refractivity contribution >= 4 is 0 Å². The Bertz CT molecular complexity index is 444. The van der Waals surface area contributed by atoms with Crippen molar-refractivity contribution in [2.45, 2.75) is 58.1 Å². The van der Waals surface area contributed by atoms with Gasteiger partial charge in [0, 0.05) is 19.7 Å². The zero-order valence-corrected chi connectivity index (χ0v) is 14.6. The van der Waals surface area contributed by atoms with Crippen molar-refractivity contribution in [3.8, 4) is 11.5 Å². The van der Waals surface area contributed by atoms with Crippen molar-refractivity contribution in [1.29, 1.82) is 0 Å². The second kappa shape index (κ2) is 10.5. The molecule has 0 saturated carbocycles. The van der Waals surface area contributed by atoms with E-state index in [1.165, 1.54) is 37.7 Å². The molecule has 1 aromatic carbocycles. The summed E-state index contributed by atoms with van der Waals surface area (Å²) in [7, 11) is 1.70. The molecular formula is C19H31NO3. The third-order valence-electron chi connectivity index (χ3n) is 4.21. The lowest BCUT2D eigenvalue weighted by Gasteiger charge is -2.14. The third kappa shape index (κ3) is 6.40. The molecule has 23 heavy (non-hydrogen) atoms. The monoisotopic (exact) mass is 321 g/mol. The molecule has 4 heteroatoms. The number of rotatable bonds is 11. The van der Waals surface area contributed by atoms with Crippen molar-refractivity contribution < 1.29 is 14.2 Å². The smallest absolute Gasteiger partial charge is 0.161 e. The fourth-order valence-electron chi connectivity index (χ4n) is 2.83. The standard InChI is InChI=1S/C19H31NO3/c1-3-4-5-6-11-23-18-10-9-16(13-19(18)21-2)14-20-15-17-8-7-12-22-17/h9-10,13,17,20H,3-8,11-12,14-15H2,1-2H3. The fourth-order valence-corrected chi connectivity index (χ4v) is 2.83. The van der Waals surface area contributed by atoms with Gasteiger partial charge in [-0.3, -0.25) is 0 Å². The van der Waals surface area contributed by atoms with Crippen molar-refractivity contribution in [3.05, 3.63) is 23.8 Å². The Hall–Kier alpha value is -1.26. The third-order valence-corrected chi connectivity index (χ3v) is 4.21. The number of unbranched alkanes of at least 4 members (excludes halogenated alkanes) is 3. The van der Waals surface area contributed by atoms with E-state index >= 15 is 0 Å². The molecule has 4 nitrogen and oxygen atoms in total. The average Bonchev–Trinajstić information content (AvgIpc) is 3.09. The normalized spacial score (nSPS) is 17.4. The van der Waals surface area contributed by atoms with Crippen LogP contribution in [-0.2, 0) is 11.3 Å². The van der Waals surface area contributed by atoms with Crippen molar-refractivity contribution in [2.75, 3.05) is 26.9 Å². The summed E-state index contributed by atoms with van der Waals surface area (Å²) in [6.45, 7) is 5.62. The molecule has 0 radical (unpaired) electrons. The summed E-state index contributed by atoms with van der Waals surface area (Å²) < 4.78 is 16.9. The van der Waals surface area contributed by atoms with Crippen LogP contribution in [0.2, 0.25) is 0 Å². The molecule has 0 spiro atoms. The quantitative estimate of drug-likeness (QED) is 0.627. The Morgan fingerprint density at radius 3 is 2.87 bits per heavy atom. The summed E-state index contributed by atoms with van der Waals surface area (Å²) in [4.78, 5) is 0. The molecule has 1 heterocycles. The van der Waals surface area contributed by atoms with E-state index in [2.05, 4.69) is 24.4 Å². The molecule has 0 amide bonds.